The summed E-state index contributed by atoms with van der Waals surface area (Å²) in [5.74, 6) is -0.306. The summed E-state index contributed by atoms with van der Waals surface area (Å²) >= 11 is 0. The number of pyridine rings is 2. The molecule has 1 fully saturated rings. The van der Waals surface area contributed by atoms with Gasteiger partial charge in [0, 0.05) is 36.6 Å². The molecule has 0 bridgehead atoms. The lowest BCUT2D eigenvalue weighted by atomic mass is 9.88. The number of nitrogens with zero attached hydrogens (tertiary/aromatic N) is 4. The first kappa shape index (κ1) is 27.4. The van der Waals surface area contributed by atoms with Crippen molar-refractivity contribution < 1.29 is 22.7 Å². The lowest BCUT2D eigenvalue weighted by Crippen LogP contribution is -2.34. The summed E-state index contributed by atoms with van der Waals surface area (Å²) in [4.78, 5) is 29.5. The van der Waals surface area contributed by atoms with Crippen LogP contribution in [0, 0.1) is 5.92 Å². The minimum Gasteiger partial charge on any atom is -0.373 e. The number of rotatable bonds is 7. The zero-order valence-corrected chi connectivity index (χ0v) is 21.9. The smallest absolute Gasteiger partial charge is 0.373 e. The van der Waals surface area contributed by atoms with E-state index < -0.39 is 17.8 Å². The van der Waals surface area contributed by atoms with Gasteiger partial charge in [0.1, 0.15) is 5.69 Å². The third-order valence-electron chi connectivity index (χ3n) is 6.32. The first-order valence-electron chi connectivity index (χ1n) is 12.4. The number of ether oxygens (including phenoxy) is 1. The molecule has 1 aliphatic rings. The number of anilines is 1. The highest BCUT2D eigenvalue weighted by Gasteiger charge is 2.41. The first-order chi connectivity index (χ1) is 17.8. The Balaban J connectivity index is 1.48. The van der Waals surface area contributed by atoms with Crippen LogP contribution in [-0.4, -0.2) is 44.1 Å². The summed E-state index contributed by atoms with van der Waals surface area (Å²) in [6, 6.07) is 7.37. The standard InChI is InChI=1S/C27H31F3N6O2/c1-15(20-7-6-18(13-33-20)17-8-10-31-22(12-17)27(28,29)30)35-25-32-11-9-21(36-25)23-19(14-34-24(23)37)16(2)38-26(3,4)5/h6-13,15-16,19,23H,14H2,1-5H3,(H,34,37)(H,32,35,36)/t15-,16+,19?,23+/m0/s1. The maximum absolute atomic E-state index is 13.0. The molecule has 4 atom stereocenters. The largest absolute Gasteiger partial charge is 0.433 e. The van der Waals surface area contributed by atoms with Crippen LogP contribution in [0.15, 0.2) is 48.9 Å². The Morgan fingerprint density at radius 1 is 1.03 bits per heavy atom. The van der Waals surface area contributed by atoms with Gasteiger partial charge in [-0.3, -0.25) is 14.8 Å². The molecule has 0 aromatic carbocycles. The SMILES string of the molecule is C[C@H](Nc1nccc([C@@H]2C(=O)NCC2[C@@H](C)OC(C)(C)C)n1)c1ccc(-c2ccnc(C(F)(F)F)c2)cn1. The zero-order valence-electron chi connectivity index (χ0n) is 21.9. The Kier molecular flexibility index (Phi) is 7.68. The van der Waals surface area contributed by atoms with Gasteiger partial charge in [0.15, 0.2) is 0 Å². The molecule has 1 unspecified atom stereocenters. The van der Waals surface area contributed by atoms with E-state index in [4.69, 9.17) is 4.74 Å². The molecular weight excluding hydrogens is 497 g/mol. The number of hydrogen-bond acceptors (Lipinski definition) is 7. The number of aromatic nitrogens is 4. The molecule has 4 rings (SSSR count). The molecule has 1 amide bonds. The summed E-state index contributed by atoms with van der Waals surface area (Å²) in [7, 11) is 0. The third-order valence-corrected chi connectivity index (χ3v) is 6.32. The van der Waals surface area contributed by atoms with E-state index in [1.807, 2.05) is 34.6 Å². The highest BCUT2D eigenvalue weighted by Crippen LogP contribution is 2.34. The summed E-state index contributed by atoms with van der Waals surface area (Å²) in [6.07, 6.45) is -0.434. The first-order valence-corrected chi connectivity index (χ1v) is 12.4. The highest BCUT2D eigenvalue weighted by molar-refractivity contribution is 5.86. The van der Waals surface area contributed by atoms with E-state index in [1.165, 1.54) is 12.3 Å². The van der Waals surface area contributed by atoms with Gasteiger partial charge >= 0.3 is 6.18 Å². The van der Waals surface area contributed by atoms with Crippen molar-refractivity contribution in [3.63, 3.8) is 0 Å². The van der Waals surface area contributed by atoms with Crippen molar-refractivity contribution in [3.8, 4) is 11.1 Å². The average Bonchev–Trinajstić information content (AvgIpc) is 3.24. The number of carbonyl (C=O) groups excluding carboxylic acids is 1. The van der Waals surface area contributed by atoms with Crippen molar-refractivity contribution in [1.82, 2.24) is 25.3 Å². The maximum Gasteiger partial charge on any atom is 0.433 e. The van der Waals surface area contributed by atoms with Crippen LogP contribution >= 0.6 is 0 Å². The monoisotopic (exact) mass is 528 g/mol. The van der Waals surface area contributed by atoms with Gasteiger partial charge in [-0.15, -0.1) is 0 Å². The number of nitrogens with one attached hydrogen (secondary N) is 2. The summed E-state index contributed by atoms with van der Waals surface area (Å²) < 4.78 is 45.1. The molecule has 1 saturated heterocycles. The molecule has 2 N–H and O–H groups in total. The van der Waals surface area contributed by atoms with Crippen LogP contribution < -0.4 is 10.6 Å². The Labute approximate surface area is 219 Å². The normalized spacial score (nSPS) is 19.6. The lowest BCUT2D eigenvalue weighted by Gasteiger charge is -2.30. The zero-order chi connectivity index (χ0) is 27.7. The quantitative estimate of drug-likeness (QED) is 0.437. The second-order valence-corrected chi connectivity index (χ2v) is 10.4. The third kappa shape index (κ3) is 6.45. The van der Waals surface area contributed by atoms with E-state index in [9.17, 15) is 18.0 Å². The Morgan fingerprint density at radius 3 is 2.42 bits per heavy atom. The van der Waals surface area contributed by atoms with E-state index in [0.717, 1.165) is 12.3 Å². The van der Waals surface area contributed by atoms with Crippen LogP contribution in [0.1, 0.15) is 63.7 Å². The molecule has 1 aliphatic heterocycles. The van der Waals surface area contributed by atoms with Crippen LogP contribution in [0.25, 0.3) is 11.1 Å². The van der Waals surface area contributed by atoms with Crippen molar-refractivity contribution in [3.05, 3.63) is 66.0 Å². The van der Waals surface area contributed by atoms with Gasteiger partial charge in [-0.25, -0.2) is 9.97 Å². The fraction of sp³-hybridized carbons (Fsp3) is 0.444. The molecule has 0 spiro atoms. The average molecular weight is 529 g/mol. The summed E-state index contributed by atoms with van der Waals surface area (Å²) in [5.41, 5.74) is 0.860. The van der Waals surface area contributed by atoms with E-state index >= 15 is 0 Å². The molecule has 0 aliphatic carbocycles. The fourth-order valence-corrected chi connectivity index (χ4v) is 4.56. The Hall–Kier alpha value is -3.60. The molecule has 8 nitrogen and oxygen atoms in total. The van der Waals surface area contributed by atoms with Crippen molar-refractivity contribution >= 4 is 11.9 Å². The predicted octanol–water partition coefficient (Wildman–Crippen LogP) is 5.16. The van der Waals surface area contributed by atoms with Gasteiger partial charge in [-0.1, -0.05) is 6.07 Å². The maximum atomic E-state index is 13.0. The molecular formula is C27H31F3N6O2. The van der Waals surface area contributed by atoms with Gasteiger partial charge in [-0.05, 0) is 64.4 Å². The van der Waals surface area contributed by atoms with Gasteiger partial charge in [0.25, 0.3) is 0 Å². The van der Waals surface area contributed by atoms with Crippen LogP contribution in [-0.2, 0) is 15.7 Å². The van der Waals surface area contributed by atoms with Gasteiger partial charge < -0.3 is 15.4 Å². The molecule has 0 saturated carbocycles. The van der Waals surface area contributed by atoms with Crippen LogP contribution in [0.3, 0.4) is 0 Å². The van der Waals surface area contributed by atoms with E-state index in [-0.39, 0.29) is 29.6 Å². The van der Waals surface area contributed by atoms with Gasteiger partial charge in [0.05, 0.1) is 35.1 Å². The van der Waals surface area contributed by atoms with E-state index in [1.54, 1.807) is 24.4 Å². The minimum atomic E-state index is -4.52. The Morgan fingerprint density at radius 2 is 1.76 bits per heavy atom. The summed E-state index contributed by atoms with van der Waals surface area (Å²) in [6.45, 7) is 10.3. The summed E-state index contributed by atoms with van der Waals surface area (Å²) in [5, 5.41) is 6.13. The fourth-order valence-electron chi connectivity index (χ4n) is 4.56. The molecule has 3 aromatic heterocycles. The van der Waals surface area contributed by atoms with E-state index in [2.05, 4.69) is 30.6 Å². The van der Waals surface area contributed by atoms with Crippen molar-refractivity contribution in [2.24, 2.45) is 5.92 Å². The molecule has 11 heteroatoms. The van der Waals surface area contributed by atoms with Gasteiger partial charge in [-0.2, -0.15) is 13.2 Å². The second-order valence-electron chi connectivity index (χ2n) is 10.4. The predicted molar refractivity (Wildman–Crippen MR) is 136 cm³/mol. The molecule has 202 valence electrons. The number of halogens is 3. The number of amides is 1. The minimum absolute atomic E-state index is 0.0813. The topological polar surface area (TPSA) is 102 Å². The van der Waals surface area contributed by atoms with E-state index in [0.29, 0.717) is 35.0 Å². The van der Waals surface area contributed by atoms with Crippen molar-refractivity contribution in [2.45, 2.75) is 64.5 Å². The lowest BCUT2D eigenvalue weighted by molar-refractivity contribution is -0.141. The number of carbonyl (C=O) groups is 1. The number of alkyl halides is 3. The van der Waals surface area contributed by atoms with Crippen LogP contribution in [0.4, 0.5) is 19.1 Å². The Bertz CT molecular complexity index is 1280. The molecule has 0 radical (unpaired) electrons. The van der Waals surface area contributed by atoms with Crippen LogP contribution in [0.2, 0.25) is 0 Å². The molecule has 3 aromatic rings. The highest BCUT2D eigenvalue weighted by atomic mass is 19.4. The molecule has 38 heavy (non-hydrogen) atoms. The van der Waals surface area contributed by atoms with Crippen molar-refractivity contribution in [2.75, 3.05) is 11.9 Å². The van der Waals surface area contributed by atoms with Gasteiger partial charge in [0.2, 0.25) is 11.9 Å². The van der Waals surface area contributed by atoms with Crippen LogP contribution in [0.5, 0.6) is 0 Å². The second kappa shape index (κ2) is 10.6. The number of hydrogen-bond donors (Lipinski definition) is 2. The molecule has 4 heterocycles. The van der Waals surface area contributed by atoms with Crippen molar-refractivity contribution in [1.29, 1.82) is 0 Å².